The molecular formula is C17H19Cl2N. The van der Waals surface area contributed by atoms with Crippen LogP contribution >= 0.6 is 23.2 Å². The van der Waals surface area contributed by atoms with E-state index in [9.17, 15) is 0 Å². The number of benzene rings is 2. The van der Waals surface area contributed by atoms with Crippen molar-refractivity contribution in [2.75, 3.05) is 0 Å². The molecule has 0 bridgehead atoms. The van der Waals surface area contributed by atoms with Gasteiger partial charge in [-0.15, -0.1) is 0 Å². The molecule has 20 heavy (non-hydrogen) atoms. The van der Waals surface area contributed by atoms with E-state index in [1.165, 1.54) is 0 Å². The summed E-state index contributed by atoms with van der Waals surface area (Å²) in [6.45, 7) is 2.14. The van der Waals surface area contributed by atoms with Crippen LogP contribution in [0, 0.1) is 0 Å². The van der Waals surface area contributed by atoms with Gasteiger partial charge in [-0.1, -0.05) is 66.9 Å². The zero-order valence-electron chi connectivity index (χ0n) is 11.6. The summed E-state index contributed by atoms with van der Waals surface area (Å²) in [5.74, 6) is 0. The number of rotatable bonds is 5. The molecule has 0 aliphatic rings. The first-order valence-electron chi connectivity index (χ1n) is 6.83. The van der Waals surface area contributed by atoms with Crippen molar-refractivity contribution in [3.05, 3.63) is 69.7 Å². The lowest BCUT2D eigenvalue weighted by atomic mass is 9.81. The van der Waals surface area contributed by atoms with Crippen LogP contribution in [0.3, 0.4) is 0 Å². The fourth-order valence-electron chi connectivity index (χ4n) is 2.57. The normalized spacial score (nSPS) is 14.0. The van der Waals surface area contributed by atoms with Gasteiger partial charge < -0.3 is 5.73 Å². The molecule has 106 valence electrons. The van der Waals surface area contributed by atoms with Crippen molar-refractivity contribution in [3.63, 3.8) is 0 Å². The molecule has 0 saturated heterocycles. The minimum Gasteiger partial charge on any atom is -0.321 e. The van der Waals surface area contributed by atoms with Crippen molar-refractivity contribution < 1.29 is 0 Å². The quantitative estimate of drug-likeness (QED) is 0.808. The molecule has 0 heterocycles. The molecule has 1 atom stereocenters. The van der Waals surface area contributed by atoms with E-state index in [0.29, 0.717) is 11.4 Å². The summed E-state index contributed by atoms with van der Waals surface area (Å²) in [4.78, 5) is 0. The van der Waals surface area contributed by atoms with E-state index in [4.69, 9.17) is 28.9 Å². The highest BCUT2D eigenvalue weighted by molar-refractivity contribution is 6.33. The third-order valence-corrected chi connectivity index (χ3v) is 4.16. The highest BCUT2D eigenvalue weighted by atomic mass is 35.5. The Morgan fingerprint density at radius 3 is 2.40 bits per heavy atom. The summed E-state index contributed by atoms with van der Waals surface area (Å²) in [5.41, 5.74) is 8.40. The van der Waals surface area contributed by atoms with E-state index in [-0.39, 0.29) is 0 Å². The van der Waals surface area contributed by atoms with Crippen molar-refractivity contribution in [2.24, 2.45) is 5.73 Å². The predicted molar refractivity (Wildman–Crippen MR) is 87.4 cm³/mol. The number of hydrogen-bond donors (Lipinski definition) is 1. The van der Waals surface area contributed by atoms with Gasteiger partial charge in [0, 0.05) is 15.6 Å². The third kappa shape index (κ3) is 3.54. The Kier molecular flexibility index (Phi) is 5.09. The molecule has 1 nitrogen and oxygen atoms in total. The van der Waals surface area contributed by atoms with Gasteiger partial charge in [-0.3, -0.25) is 0 Å². The zero-order valence-corrected chi connectivity index (χ0v) is 13.1. The maximum absolute atomic E-state index is 6.68. The lowest BCUT2D eigenvalue weighted by molar-refractivity contribution is 0.401. The van der Waals surface area contributed by atoms with Crippen LogP contribution in [-0.2, 0) is 12.0 Å². The minimum absolute atomic E-state index is 0.412. The second-order valence-corrected chi connectivity index (χ2v) is 6.03. The predicted octanol–water partition coefficient (Wildman–Crippen LogP) is 5.19. The first-order chi connectivity index (χ1) is 9.55. The molecule has 3 heteroatoms. The molecule has 0 amide bonds. The van der Waals surface area contributed by atoms with Crippen molar-refractivity contribution in [3.8, 4) is 0 Å². The van der Waals surface area contributed by atoms with Crippen molar-refractivity contribution in [1.82, 2.24) is 0 Å². The fourth-order valence-corrected chi connectivity index (χ4v) is 2.95. The van der Waals surface area contributed by atoms with Crippen molar-refractivity contribution in [1.29, 1.82) is 0 Å². The Bertz CT molecular complexity index is 568. The Morgan fingerprint density at radius 1 is 1.05 bits per heavy atom. The number of hydrogen-bond acceptors (Lipinski definition) is 1. The molecule has 0 saturated carbocycles. The second kappa shape index (κ2) is 6.62. The zero-order chi connectivity index (χ0) is 14.6. The SMILES string of the molecule is CCCC(N)(Cc1cc(Cl)ccc1Cl)c1ccccc1. The summed E-state index contributed by atoms with van der Waals surface area (Å²) in [5, 5.41) is 1.41. The standard InChI is InChI=1S/C17H19Cl2N/c1-2-10-17(20,14-6-4-3-5-7-14)12-13-11-15(18)8-9-16(13)19/h3-9,11H,2,10,12,20H2,1H3. The van der Waals surface area contributed by atoms with Gasteiger partial charge in [0.25, 0.3) is 0 Å². The monoisotopic (exact) mass is 307 g/mol. The van der Waals surface area contributed by atoms with Crippen LogP contribution in [0.4, 0.5) is 0 Å². The molecule has 0 aromatic heterocycles. The van der Waals surface area contributed by atoms with Gasteiger partial charge in [-0.05, 0) is 42.2 Å². The van der Waals surface area contributed by atoms with Crippen molar-refractivity contribution in [2.45, 2.75) is 31.7 Å². The average Bonchev–Trinajstić information content (AvgIpc) is 2.44. The molecule has 0 aliphatic carbocycles. The number of nitrogens with two attached hydrogens (primary N) is 1. The van der Waals surface area contributed by atoms with Crippen LogP contribution in [0.25, 0.3) is 0 Å². The second-order valence-electron chi connectivity index (χ2n) is 5.18. The molecular weight excluding hydrogens is 289 g/mol. The first-order valence-corrected chi connectivity index (χ1v) is 7.59. The molecule has 0 radical (unpaired) electrons. The molecule has 0 fully saturated rings. The van der Waals surface area contributed by atoms with Gasteiger partial charge in [-0.2, -0.15) is 0 Å². The smallest absolute Gasteiger partial charge is 0.0450 e. The Morgan fingerprint density at radius 2 is 1.75 bits per heavy atom. The fraction of sp³-hybridized carbons (Fsp3) is 0.294. The Labute approximate surface area is 130 Å². The van der Waals surface area contributed by atoms with E-state index in [1.807, 2.05) is 30.3 Å². The van der Waals surface area contributed by atoms with Gasteiger partial charge in [0.1, 0.15) is 0 Å². The highest BCUT2D eigenvalue weighted by Crippen LogP contribution is 2.31. The van der Waals surface area contributed by atoms with Crippen LogP contribution < -0.4 is 5.73 Å². The number of halogens is 2. The summed E-state index contributed by atoms with van der Waals surface area (Å²) in [6, 6.07) is 15.7. The van der Waals surface area contributed by atoms with Gasteiger partial charge in [-0.25, -0.2) is 0 Å². The van der Waals surface area contributed by atoms with E-state index in [2.05, 4.69) is 19.1 Å². The van der Waals surface area contributed by atoms with Gasteiger partial charge >= 0.3 is 0 Å². The van der Waals surface area contributed by atoms with Crippen molar-refractivity contribution >= 4 is 23.2 Å². The maximum atomic E-state index is 6.68. The molecule has 2 aromatic carbocycles. The largest absolute Gasteiger partial charge is 0.321 e. The van der Waals surface area contributed by atoms with E-state index in [1.54, 1.807) is 6.07 Å². The molecule has 2 N–H and O–H groups in total. The topological polar surface area (TPSA) is 26.0 Å². The average molecular weight is 308 g/mol. The van der Waals surface area contributed by atoms with Gasteiger partial charge in [0.15, 0.2) is 0 Å². The lowest BCUT2D eigenvalue weighted by Crippen LogP contribution is -2.39. The van der Waals surface area contributed by atoms with Gasteiger partial charge in [0.05, 0.1) is 0 Å². The molecule has 2 aromatic rings. The minimum atomic E-state index is -0.412. The van der Waals surface area contributed by atoms with Gasteiger partial charge in [0.2, 0.25) is 0 Å². The van der Waals surface area contributed by atoms with Crippen LogP contribution in [0.15, 0.2) is 48.5 Å². The molecule has 0 aliphatic heterocycles. The first kappa shape index (κ1) is 15.4. The molecule has 0 spiro atoms. The molecule has 2 rings (SSSR count). The maximum Gasteiger partial charge on any atom is 0.0450 e. The Hall–Kier alpha value is -1.02. The molecule has 1 unspecified atom stereocenters. The van der Waals surface area contributed by atoms with E-state index < -0.39 is 5.54 Å². The van der Waals surface area contributed by atoms with Crippen LogP contribution in [0.1, 0.15) is 30.9 Å². The third-order valence-electron chi connectivity index (χ3n) is 3.56. The lowest BCUT2D eigenvalue weighted by Gasteiger charge is -2.30. The van der Waals surface area contributed by atoms with E-state index in [0.717, 1.165) is 29.0 Å². The summed E-state index contributed by atoms with van der Waals surface area (Å²) in [7, 11) is 0. The summed E-state index contributed by atoms with van der Waals surface area (Å²) >= 11 is 12.3. The summed E-state index contributed by atoms with van der Waals surface area (Å²) < 4.78 is 0. The van der Waals surface area contributed by atoms with E-state index >= 15 is 0 Å². The van der Waals surface area contributed by atoms with Crippen LogP contribution in [0.2, 0.25) is 10.0 Å². The summed E-state index contributed by atoms with van der Waals surface area (Å²) in [6.07, 6.45) is 2.60. The van der Waals surface area contributed by atoms with Crippen LogP contribution in [0.5, 0.6) is 0 Å². The Balaban J connectivity index is 2.36. The highest BCUT2D eigenvalue weighted by Gasteiger charge is 2.27. The van der Waals surface area contributed by atoms with Crippen LogP contribution in [-0.4, -0.2) is 0 Å².